The lowest BCUT2D eigenvalue weighted by Crippen LogP contribution is -2.78. The van der Waals surface area contributed by atoms with Crippen molar-refractivity contribution in [2.45, 2.75) is 12.0 Å². The van der Waals surface area contributed by atoms with Gasteiger partial charge in [0.15, 0.2) is 0 Å². The van der Waals surface area contributed by atoms with Crippen LogP contribution in [-0.4, -0.2) is 79.4 Å². The lowest BCUT2D eigenvalue weighted by molar-refractivity contribution is -0.212. The van der Waals surface area contributed by atoms with E-state index in [0.29, 0.717) is 4.90 Å². The summed E-state index contributed by atoms with van der Waals surface area (Å²) in [6.07, 6.45) is -0.535. The van der Waals surface area contributed by atoms with Crippen LogP contribution in [0.2, 0.25) is 0 Å². The minimum atomic E-state index is -3.59. The molecule has 22 heavy (non-hydrogen) atoms. The second-order valence-electron chi connectivity index (χ2n) is 4.84. The average Bonchev–Trinajstić information content (AvgIpc) is 2.35. The molecule has 1 heterocycles. The van der Waals surface area contributed by atoms with Gasteiger partial charge in [-0.3, -0.25) is 19.3 Å². The van der Waals surface area contributed by atoms with Crippen LogP contribution in [0, 0.1) is 11.3 Å². The minimum Gasteiger partial charge on any atom is -0.481 e. The van der Waals surface area contributed by atoms with Crippen molar-refractivity contribution in [2.24, 2.45) is 11.3 Å². The Kier molecular flexibility index (Phi) is 4.15. The topological polar surface area (TPSA) is 190 Å². The quantitative estimate of drug-likeness (QED) is 0.355. The first-order valence-corrected chi connectivity index (χ1v) is 5.86. The predicted octanol–water partition coefficient (Wildman–Crippen LogP) is -1.91. The second-order valence-corrected chi connectivity index (χ2v) is 4.84. The number of hydrogen-bond donors (Lipinski definition) is 5. The van der Waals surface area contributed by atoms with Crippen molar-refractivity contribution < 1.29 is 49.5 Å². The molecule has 1 unspecified atom stereocenters. The van der Waals surface area contributed by atoms with Crippen LogP contribution in [0.4, 0.5) is 0 Å². The van der Waals surface area contributed by atoms with Crippen LogP contribution < -0.4 is 0 Å². The number of carboxylic acid groups (broad SMARTS) is 5. The predicted molar refractivity (Wildman–Crippen MR) is 64.1 cm³/mol. The van der Waals surface area contributed by atoms with Crippen molar-refractivity contribution in [3.8, 4) is 0 Å². The molecule has 1 aliphatic rings. The lowest BCUT2D eigenvalue weighted by Gasteiger charge is -2.50. The summed E-state index contributed by atoms with van der Waals surface area (Å²) in [5.41, 5.74) is -7.06. The van der Waals surface area contributed by atoms with E-state index in [9.17, 15) is 44.4 Å². The summed E-state index contributed by atoms with van der Waals surface area (Å²) in [6, 6.07) is 0. The van der Waals surface area contributed by atoms with Gasteiger partial charge >= 0.3 is 29.8 Å². The van der Waals surface area contributed by atoms with Gasteiger partial charge in [-0.25, -0.2) is 9.59 Å². The Morgan fingerprint density at radius 1 is 0.864 bits per heavy atom. The Hall–Kier alpha value is -2.69. The van der Waals surface area contributed by atoms with Gasteiger partial charge in [-0.1, -0.05) is 0 Å². The molecule has 11 nitrogen and oxygen atoms in total. The Bertz CT molecular complexity index is 539. The van der Waals surface area contributed by atoms with E-state index in [-0.39, 0.29) is 0 Å². The molecule has 1 atom stereocenters. The van der Waals surface area contributed by atoms with Gasteiger partial charge in [0.05, 0.1) is 5.92 Å². The molecule has 0 bridgehead atoms. The van der Waals surface area contributed by atoms with Crippen molar-refractivity contribution in [2.75, 3.05) is 13.6 Å². The van der Waals surface area contributed by atoms with Gasteiger partial charge in [0.2, 0.25) is 11.0 Å². The fraction of sp³-hybridized carbons (Fsp3) is 0.545. The molecule has 0 aromatic rings. The summed E-state index contributed by atoms with van der Waals surface area (Å²) < 4.78 is 0. The molecule has 0 radical (unpaired) electrons. The SMILES string of the molecule is CN1CCC(C(=O)O)C(C(=O)O)(C(=O)O)C1(C(=O)O)C(=O)O. The van der Waals surface area contributed by atoms with Crippen LogP contribution >= 0.6 is 0 Å². The molecule has 1 fully saturated rings. The number of piperidine rings is 1. The number of likely N-dealkylation sites (N-methyl/N-ethyl adjacent to an activating group) is 1. The van der Waals surface area contributed by atoms with E-state index in [4.69, 9.17) is 5.11 Å². The molecule has 122 valence electrons. The number of likely N-dealkylation sites (tertiary alicyclic amines) is 1. The highest BCUT2D eigenvalue weighted by atomic mass is 16.4. The first kappa shape index (κ1) is 17.4. The third-order valence-corrected chi connectivity index (χ3v) is 4.01. The Balaban J connectivity index is 3.98. The van der Waals surface area contributed by atoms with Gasteiger partial charge in [-0.15, -0.1) is 0 Å². The molecule has 0 aliphatic carbocycles. The number of nitrogens with zero attached hydrogens (tertiary/aromatic N) is 1. The van der Waals surface area contributed by atoms with Crippen LogP contribution in [0.3, 0.4) is 0 Å². The molecular formula is C11H13NO10. The van der Waals surface area contributed by atoms with Gasteiger partial charge in [0.25, 0.3) is 0 Å². The molecule has 1 saturated heterocycles. The van der Waals surface area contributed by atoms with Gasteiger partial charge in [0, 0.05) is 6.54 Å². The zero-order chi connectivity index (χ0) is 17.5. The van der Waals surface area contributed by atoms with E-state index in [1.54, 1.807) is 0 Å². The molecule has 11 heteroatoms. The monoisotopic (exact) mass is 319 g/mol. The van der Waals surface area contributed by atoms with Crippen molar-refractivity contribution >= 4 is 29.8 Å². The minimum absolute atomic E-state index is 0.419. The van der Waals surface area contributed by atoms with Crippen LogP contribution in [0.25, 0.3) is 0 Å². The summed E-state index contributed by atoms with van der Waals surface area (Å²) in [4.78, 5) is 58.2. The fourth-order valence-electron chi connectivity index (χ4n) is 3.02. The standard InChI is InChI=1S/C11H13NO10/c1-12-3-2-4(5(13)14)10(6(15)16,7(17)18)11(12,8(19)20)9(21)22/h4H,2-3H2,1H3,(H,13,14)(H,15,16)(H,17,18)(H,19,20)(H,21,22). The smallest absolute Gasteiger partial charge is 0.337 e. The van der Waals surface area contributed by atoms with Gasteiger partial charge in [0.1, 0.15) is 0 Å². The van der Waals surface area contributed by atoms with Crippen molar-refractivity contribution in [1.29, 1.82) is 0 Å². The van der Waals surface area contributed by atoms with Crippen LogP contribution in [0.5, 0.6) is 0 Å². The van der Waals surface area contributed by atoms with Crippen LogP contribution in [-0.2, 0) is 24.0 Å². The van der Waals surface area contributed by atoms with Gasteiger partial charge < -0.3 is 25.5 Å². The highest BCUT2D eigenvalue weighted by molar-refractivity contribution is 6.18. The Morgan fingerprint density at radius 2 is 1.27 bits per heavy atom. The molecule has 0 amide bonds. The molecule has 0 aromatic heterocycles. The normalized spacial score (nSPS) is 23.4. The third-order valence-electron chi connectivity index (χ3n) is 4.01. The Morgan fingerprint density at radius 3 is 1.55 bits per heavy atom. The van der Waals surface area contributed by atoms with Crippen LogP contribution in [0.15, 0.2) is 0 Å². The molecular weight excluding hydrogens is 306 g/mol. The van der Waals surface area contributed by atoms with Crippen molar-refractivity contribution in [3.63, 3.8) is 0 Å². The number of carboxylic acids is 5. The highest BCUT2D eigenvalue weighted by Gasteiger charge is 2.79. The van der Waals surface area contributed by atoms with E-state index in [0.717, 1.165) is 7.05 Å². The third kappa shape index (κ3) is 1.75. The molecule has 0 saturated carbocycles. The maximum Gasteiger partial charge on any atom is 0.337 e. The summed E-state index contributed by atoms with van der Waals surface area (Å²) >= 11 is 0. The zero-order valence-electron chi connectivity index (χ0n) is 11.2. The largest absolute Gasteiger partial charge is 0.481 e. The molecule has 0 spiro atoms. The summed E-state index contributed by atoms with van der Waals surface area (Å²) in [7, 11) is 0.918. The molecule has 1 aliphatic heterocycles. The number of rotatable bonds is 5. The summed E-state index contributed by atoms with van der Waals surface area (Å²) in [6.45, 7) is -0.419. The van der Waals surface area contributed by atoms with E-state index in [1.807, 2.05) is 0 Å². The average molecular weight is 319 g/mol. The van der Waals surface area contributed by atoms with Crippen LogP contribution in [0.1, 0.15) is 6.42 Å². The summed E-state index contributed by atoms with van der Waals surface area (Å²) in [5, 5.41) is 46.4. The fourth-order valence-corrected chi connectivity index (χ4v) is 3.02. The highest BCUT2D eigenvalue weighted by Crippen LogP contribution is 2.49. The zero-order valence-corrected chi connectivity index (χ0v) is 11.2. The van der Waals surface area contributed by atoms with E-state index < -0.39 is 59.7 Å². The van der Waals surface area contributed by atoms with Crippen molar-refractivity contribution in [1.82, 2.24) is 4.90 Å². The first-order chi connectivity index (χ1) is 9.98. The van der Waals surface area contributed by atoms with E-state index >= 15 is 0 Å². The second kappa shape index (κ2) is 5.26. The van der Waals surface area contributed by atoms with Crippen molar-refractivity contribution in [3.05, 3.63) is 0 Å². The molecule has 0 aromatic carbocycles. The van der Waals surface area contributed by atoms with Gasteiger partial charge in [-0.2, -0.15) is 0 Å². The van der Waals surface area contributed by atoms with E-state index in [2.05, 4.69) is 0 Å². The summed E-state index contributed by atoms with van der Waals surface area (Å²) in [5.74, 6) is -13.3. The van der Waals surface area contributed by atoms with Gasteiger partial charge in [-0.05, 0) is 13.5 Å². The number of aliphatic carboxylic acids is 5. The number of carbonyl (C=O) groups is 5. The lowest BCUT2D eigenvalue weighted by atomic mass is 9.57. The molecule has 1 rings (SSSR count). The number of hydrogen-bond acceptors (Lipinski definition) is 6. The first-order valence-electron chi connectivity index (χ1n) is 5.86. The maximum atomic E-state index is 11.6. The molecule has 5 N–H and O–H groups in total. The van der Waals surface area contributed by atoms with E-state index in [1.165, 1.54) is 0 Å². The maximum absolute atomic E-state index is 11.6. The Labute approximate surface area is 122 Å².